The van der Waals surface area contributed by atoms with E-state index in [1.807, 2.05) is 0 Å². The number of likely N-dealkylation sites (tertiary alicyclic amines) is 1. The number of benzene rings is 1. The molecule has 1 aliphatic rings. The van der Waals surface area contributed by atoms with E-state index in [1.54, 1.807) is 13.8 Å². The summed E-state index contributed by atoms with van der Waals surface area (Å²) in [5.41, 5.74) is 0.0932. The molecule has 1 fully saturated rings. The molecular weight excluding hydrogens is 307 g/mol. The van der Waals surface area contributed by atoms with Gasteiger partial charge in [0.2, 0.25) is 5.91 Å². The summed E-state index contributed by atoms with van der Waals surface area (Å²) in [5.74, 6) is -0.773. The first-order valence-corrected chi connectivity index (χ1v) is 7.96. The minimum atomic E-state index is -0.507. The second kappa shape index (κ2) is 7.40. The number of amides is 1. The van der Waals surface area contributed by atoms with E-state index in [2.05, 4.69) is 10.2 Å². The fourth-order valence-corrected chi connectivity index (χ4v) is 3.17. The SMILES string of the molecule is CC(O)CC1CCCN1C(C)C(=O)Nc1cc(Cl)ccc1F. The molecule has 0 aromatic heterocycles. The number of halogens is 2. The van der Waals surface area contributed by atoms with E-state index in [0.29, 0.717) is 11.4 Å². The molecule has 1 aliphatic heterocycles. The fourth-order valence-electron chi connectivity index (χ4n) is 3.00. The second-order valence-electron chi connectivity index (χ2n) is 5.91. The maximum atomic E-state index is 13.7. The summed E-state index contributed by atoms with van der Waals surface area (Å²) in [6, 6.07) is 3.87. The lowest BCUT2D eigenvalue weighted by atomic mass is 10.1. The first-order chi connectivity index (χ1) is 10.4. The molecule has 6 heteroatoms. The average molecular weight is 329 g/mol. The Hall–Kier alpha value is -1.17. The van der Waals surface area contributed by atoms with Crippen LogP contribution in [-0.2, 0) is 4.79 Å². The number of nitrogens with zero attached hydrogens (tertiary/aromatic N) is 1. The number of hydrogen-bond acceptors (Lipinski definition) is 3. The summed E-state index contributed by atoms with van der Waals surface area (Å²) in [6.45, 7) is 4.37. The third-order valence-electron chi connectivity index (χ3n) is 4.10. The average Bonchev–Trinajstić information content (AvgIpc) is 2.89. The highest BCUT2D eigenvalue weighted by atomic mass is 35.5. The Morgan fingerprint density at radius 3 is 2.95 bits per heavy atom. The van der Waals surface area contributed by atoms with Gasteiger partial charge >= 0.3 is 0 Å². The number of anilines is 1. The predicted molar refractivity (Wildman–Crippen MR) is 85.5 cm³/mol. The van der Waals surface area contributed by atoms with Gasteiger partial charge in [-0.2, -0.15) is 0 Å². The van der Waals surface area contributed by atoms with Gasteiger partial charge in [0, 0.05) is 11.1 Å². The molecule has 1 aromatic carbocycles. The van der Waals surface area contributed by atoms with Gasteiger partial charge in [0.05, 0.1) is 17.8 Å². The van der Waals surface area contributed by atoms with E-state index in [1.165, 1.54) is 18.2 Å². The Kier molecular flexibility index (Phi) is 5.78. The van der Waals surface area contributed by atoms with Crippen LogP contribution in [0.4, 0.5) is 10.1 Å². The third kappa shape index (κ3) is 4.18. The Labute approximate surface area is 135 Å². The standard InChI is InChI=1S/C16H22ClFN2O2/c1-10(21)8-13-4-3-7-20(13)11(2)16(22)19-15-9-12(17)5-6-14(15)18/h5-6,9-11,13,21H,3-4,7-8H2,1-2H3,(H,19,22). The van der Waals surface area contributed by atoms with Gasteiger partial charge in [-0.3, -0.25) is 9.69 Å². The van der Waals surface area contributed by atoms with Crippen molar-refractivity contribution in [3.8, 4) is 0 Å². The molecule has 0 spiro atoms. The molecule has 1 heterocycles. The van der Waals surface area contributed by atoms with E-state index in [-0.39, 0.29) is 23.7 Å². The molecule has 0 aliphatic carbocycles. The highest BCUT2D eigenvalue weighted by Crippen LogP contribution is 2.25. The van der Waals surface area contributed by atoms with Crippen molar-refractivity contribution >= 4 is 23.2 Å². The smallest absolute Gasteiger partial charge is 0.241 e. The lowest BCUT2D eigenvalue weighted by Gasteiger charge is -2.30. The normalized spacial score (nSPS) is 21.6. The molecule has 0 saturated carbocycles. The lowest BCUT2D eigenvalue weighted by Crippen LogP contribution is -2.45. The highest BCUT2D eigenvalue weighted by Gasteiger charge is 2.32. The zero-order valence-corrected chi connectivity index (χ0v) is 13.6. The van der Waals surface area contributed by atoms with Gasteiger partial charge in [0.25, 0.3) is 0 Å². The fraction of sp³-hybridized carbons (Fsp3) is 0.562. The maximum absolute atomic E-state index is 13.7. The van der Waals surface area contributed by atoms with E-state index in [0.717, 1.165) is 19.4 Å². The van der Waals surface area contributed by atoms with Gasteiger partial charge in [-0.1, -0.05) is 11.6 Å². The molecule has 122 valence electrons. The minimum absolute atomic E-state index is 0.0932. The van der Waals surface area contributed by atoms with Crippen LogP contribution >= 0.6 is 11.6 Å². The van der Waals surface area contributed by atoms with Gasteiger partial charge < -0.3 is 10.4 Å². The number of nitrogens with one attached hydrogen (secondary N) is 1. The highest BCUT2D eigenvalue weighted by molar-refractivity contribution is 6.30. The number of aliphatic hydroxyl groups excluding tert-OH is 1. The summed E-state index contributed by atoms with van der Waals surface area (Å²) in [6.07, 6.45) is 2.21. The molecule has 3 unspecified atom stereocenters. The summed E-state index contributed by atoms with van der Waals surface area (Å²) < 4.78 is 13.7. The third-order valence-corrected chi connectivity index (χ3v) is 4.33. The molecule has 0 radical (unpaired) electrons. The van der Waals surface area contributed by atoms with Gasteiger partial charge in [0.15, 0.2) is 0 Å². The van der Waals surface area contributed by atoms with Crippen LogP contribution in [0.2, 0.25) is 5.02 Å². The van der Waals surface area contributed by atoms with Crippen molar-refractivity contribution in [3.05, 3.63) is 29.0 Å². The summed E-state index contributed by atoms with van der Waals surface area (Å²) in [7, 11) is 0. The summed E-state index contributed by atoms with van der Waals surface area (Å²) in [4.78, 5) is 14.4. The van der Waals surface area contributed by atoms with E-state index in [4.69, 9.17) is 11.6 Å². The van der Waals surface area contributed by atoms with Gasteiger partial charge in [-0.25, -0.2) is 4.39 Å². The van der Waals surface area contributed by atoms with Crippen molar-refractivity contribution < 1.29 is 14.3 Å². The van der Waals surface area contributed by atoms with Crippen molar-refractivity contribution in [1.29, 1.82) is 0 Å². The van der Waals surface area contributed by atoms with Crippen molar-refractivity contribution in [3.63, 3.8) is 0 Å². The first kappa shape index (κ1) is 17.2. The number of rotatable bonds is 5. The number of hydrogen-bond donors (Lipinski definition) is 2. The molecule has 1 aromatic rings. The van der Waals surface area contributed by atoms with Crippen LogP contribution in [0.15, 0.2) is 18.2 Å². The van der Waals surface area contributed by atoms with Crippen LogP contribution in [0.3, 0.4) is 0 Å². The van der Waals surface area contributed by atoms with Crippen LogP contribution in [0.1, 0.15) is 33.1 Å². The van der Waals surface area contributed by atoms with Gasteiger partial charge in [-0.05, 0) is 57.9 Å². The lowest BCUT2D eigenvalue weighted by molar-refractivity contribution is -0.121. The topological polar surface area (TPSA) is 52.6 Å². The Morgan fingerprint density at radius 2 is 2.27 bits per heavy atom. The second-order valence-corrected chi connectivity index (χ2v) is 6.34. The monoisotopic (exact) mass is 328 g/mol. The zero-order valence-electron chi connectivity index (χ0n) is 12.9. The van der Waals surface area contributed by atoms with Gasteiger partial charge in [-0.15, -0.1) is 0 Å². The number of carbonyl (C=O) groups excluding carboxylic acids is 1. The van der Waals surface area contributed by atoms with E-state index >= 15 is 0 Å². The van der Waals surface area contributed by atoms with E-state index < -0.39 is 11.9 Å². The molecule has 1 amide bonds. The molecule has 2 rings (SSSR count). The van der Waals surface area contributed by atoms with Crippen LogP contribution in [0.25, 0.3) is 0 Å². The number of carbonyl (C=O) groups is 1. The van der Waals surface area contributed by atoms with E-state index in [9.17, 15) is 14.3 Å². The van der Waals surface area contributed by atoms with Crippen LogP contribution in [-0.4, -0.2) is 40.6 Å². The predicted octanol–water partition coefficient (Wildman–Crippen LogP) is 3.04. The van der Waals surface area contributed by atoms with Crippen molar-refractivity contribution in [2.45, 2.75) is 51.3 Å². The summed E-state index contributed by atoms with van der Waals surface area (Å²) >= 11 is 5.83. The van der Waals surface area contributed by atoms with Crippen LogP contribution in [0.5, 0.6) is 0 Å². The molecular formula is C16H22ClFN2O2. The summed E-state index contributed by atoms with van der Waals surface area (Å²) in [5, 5.41) is 12.5. The largest absolute Gasteiger partial charge is 0.393 e. The van der Waals surface area contributed by atoms with Crippen LogP contribution < -0.4 is 5.32 Å². The molecule has 4 nitrogen and oxygen atoms in total. The zero-order chi connectivity index (χ0) is 16.3. The van der Waals surface area contributed by atoms with Gasteiger partial charge in [0.1, 0.15) is 5.82 Å². The van der Waals surface area contributed by atoms with Crippen molar-refractivity contribution in [2.75, 3.05) is 11.9 Å². The molecule has 3 atom stereocenters. The molecule has 2 N–H and O–H groups in total. The quantitative estimate of drug-likeness (QED) is 0.873. The Balaban J connectivity index is 2.03. The Bertz CT molecular complexity index is 539. The number of aliphatic hydroxyl groups is 1. The first-order valence-electron chi connectivity index (χ1n) is 7.58. The Morgan fingerprint density at radius 1 is 1.55 bits per heavy atom. The molecule has 1 saturated heterocycles. The minimum Gasteiger partial charge on any atom is -0.393 e. The van der Waals surface area contributed by atoms with Crippen molar-refractivity contribution in [2.24, 2.45) is 0 Å². The van der Waals surface area contributed by atoms with Crippen molar-refractivity contribution in [1.82, 2.24) is 4.90 Å². The maximum Gasteiger partial charge on any atom is 0.241 e. The molecule has 0 bridgehead atoms. The van der Waals surface area contributed by atoms with Crippen LogP contribution in [0, 0.1) is 5.82 Å². The molecule has 22 heavy (non-hydrogen) atoms.